The summed E-state index contributed by atoms with van der Waals surface area (Å²) >= 11 is 0. The SMILES string of the molecule is C[C@H]1CN2c3c(cc4c(C(=O)NCc5ccnn5C)noc4c3F)CC3(C(=O)NC(=O)NC3=O)[C@@H]2[C@@H](C)O1. The lowest BCUT2D eigenvalue weighted by Crippen LogP contribution is -2.75. The summed E-state index contributed by atoms with van der Waals surface area (Å²) in [7, 11) is 1.73. The Morgan fingerprint density at radius 1 is 1.26 bits per heavy atom. The molecule has 2 saturated heterocycles. The Morgan fingerprint density at radius 2 is 2.00 bits per heavy atom. The number of hydrogen-bond donors (Lipinski definition) is 3. The maximum absolute atomic E-state index is 16.1. The number of carbonyl (C=O) groups is 4. The Balaban J connectivity index is 1.46. The van der Waals surface area contributed by atoms with E-state index >= 15 is 4.39 Å². The number of carbonyl (C=O) groups excluding carboxylic acids is 4. The lowest BCUT2D eigenvalue weighted by atomic mass is 9.66. The predicted molar refractivity (Wildman–Crippen MR) is 127 cm³/mol. The number of barbiturate groups is 1. The second-order valence-electron chi connectivity index (χ2n) is 9.87. The lowest BCUT2D eigenvalue weighted by molar-refractivity contribution is -0.153. The van der Waals surface area contributed by atoms with E-state index < -0.39 is 47.1 Å². The monoisotopic (exact) mass is 525 g/mol. The smallest absolute Gasteiger partial charge is 0.328 e. The van der Waals surface area contributed by atoms with Crippen LogP contribution in [0.4, 0.5) is 14.9 Å². The Kier molecular flexibility index (Phi) is 5.28. The summed E-state index contributed by atoms with van der Waals surface area (Å²) < 4.78 is 28.9. The number of hydrogen-bond acceptors (Lipinski definition) is 9. The molecule has 38 heavy (non-hydrogen) atoms. The van der Waals surface area contributed by atoms with Gasteiger partial charge in [0.1, 0.15) is 0 Å². The summed E-state index contributed by atoms with van der Waals surface area (Å²) in [6.45, 7) is 3.83. The van der Waals surface area contributed by atoms with E-state index in [1.54, 1.807) is 42.7 Å². The van der Waals surface area contributed by atoms with Crippen LogP contribution in [0.3, 0.4) is 0 Å². The summed E-state index contributed by atoms with van der Waals surface area (Å²) in [5, 5.41) is 15.1. The summed E-state index contributed by atoms with van der Waals surface area (Å²) in [6.07, 6.45) is 0.356. The molecular weight excluding hydrogens is 501 g/mol. The molecule has 14 heteroatoms. The molecule has 2 fully saturated rings. The zero-order chi connectivity index (χ0) is 26.9. The van der Waals surface area contributed by atoms with Gasteiger partial charge in [-0.05, 0) is 31.5 Å². The molecule has 13 nitrogen and oxygen atoms in total. The first-order valence-electron chi connectivity index (χ1n) is 12.1. The van der Waals surface area contributed by atoms with Gasteiger partial charge in [-0.2, -0.15) is 5.10 Å². The first kappa shape index (κ1) is 24.0. The van der Waals surface area contributed by atoms with Crippen LogP contribution in [-0.4, -0.2) is 63.5 Å². The molecule has 3 atom stereocenters. The Morgan fingerprint density at radius 3 is 2.68 bits per heavy atom. The van der Waals surface area contributed by atoms with Crippen molar-refractivity contribution in [3.8, 4) is 0 Å². The van der Waals surface area contributed by atoms with Gasteiger partial charge >= 0.3 is 6.03 Å². The quantitative estimate of drug-likeness (QED) is 0.414. The molecule has 0 radical (unpaired) electrons. The lowest BCUT2D eigenvalue weighted by Gasteiger charge is -2.55. The van der Waals surface area contributed by atoms with Crippen LogP contribution in [0.25, 0.3) is 11.0 Å². The highest BCUT2D eigenvalue weighted by Crippen LogP contribution is 2.49. The van der Waals surface area contributed by atoms with E-state index in [4.69, 9.17) is 9.26 Å². The molecule has 2 aromatic heterocycles. The number of urea groups is 1. The number of rotatable bonds is 3. The van der Waals surface area contributed by atoms with Gasteiger partial charge in [0.05, 0.1) is 41.6 Å². The molecule has 5 heterocycles. The molecule has 1 spiro atoms. The summed E-state index contributed by atoms with van der Waals surface area (Å²) in [6, 6.07) is 1.43. The van der Waals surface area contributed by atoms with Gasteiger partial charge in [0.25, 0.3) is 5.91 Å². The first-order chi connectivity index (χ1) is 18.1. The second kappa shape index (κ2) is 8.34. The largest absolute Gasteiger partial charge is 0.372 e. The number of nitrogens with one attached hydrogen (secondary N) is 3. The van der Waals surface area contributed by atoms with E-state index in [0.717, 1.165) is 5.69 Å². The molecule has 0 saturated carbocycles. The maximum atomic E-state index is 16.1. The minimum Gasteiger partial charge on any atom is -0.372 e. The molecule has 0 unspecified atom stereocenters. The van der Waals surface area contributed by atoms with Gasteiger partial charge < -0.3 is 19.5 Å². The van der Waals surface area contributed by atoms with Crippen LogP contribution >= 0.6 is 0 Å². The highest BCUT2D eigenvalue weighted by Gasteiger charge is 2.63. The molecule has 3 aromatic rings. The normalized spacial score (nSPS) is 24.2. The number of nitrogens with zero attached hydrogens (tertiary/aromatic N) is 4. The zero-order valence-corrected chi connectivity index (χ0v) is 20.7. The molecule has 5 amide bonds. The fourth-order valence-corrected chi connectivity index (χ4v) is 5.94. The Hall–Kier alpha value is -4.33. The Bertz CT molecular complexity index is 1510. The summed E-state index contributed by atoms with van der Waals surface area (Å²) in [5.74, 6) is -2.95. The molecule has 198 valence electrons. The average molecular weight is 525 g/mol. The van der Waals surface area contributed by atoms with Crippen LogP contribution in [0.1, 0.15) is 35.6 Å². The van der Waals surface area contributed by atoms with Crippen molar-refractivity contribution in [3.05, 3.63) is 41.1 Å². The van der Waals surface area contributed by atoms with Crippen molar-refractivity contribution in [2.24, 2.45) is 12.5 Å². The number of morpholine rings is 1. The third-order valence-corrected chi connectivity index (χ3v) is 7.53. The van der Waals surface area contributed by atoms with Crippen molar-refractivity contribution in [2.75, 3.05) is 11.4 Å². The van der Waals surface area contributed by atoms with Gasteiger partial charge in [-0.15, -0.1) is 0 Å². The van der Waals surface area contributed by atoms with Crippen molar-refractivity contribution in [1.82, 2.24) is 30.9 Å². The number of amides is 5. The first-order valence-corrected chi connectivity index (χ1v) is 12.1. The van der Waals surface area contributed by atoms with E-state index in [0.29, 0.717) is 5.56 Å². The topological polar surface area (TPSA) is 161 Å². The molecule has 3 aliphatic heterocycles. The molecule has 0 bridgehead atoms. The van der Waals surface area contributed by atoms with Crippen molar-refractivity contribution in [2.45, 2.75) is 45.1 Å². The number of ether oxygens (including phenoxy) is 1. The predicted octanol–water partition coefficient (Wildman–Crippen LogP) is 0.521. The number of anilines is 1. The van der Waals surface area contributed by atoms with Gasteiger partial charge in [0.15, 0.2) is 16.9 Å². The fraction of sp³-hybridized carbons (Fsp3) is 0.417. The standard InChI is InChI=1S/C24H24FN7O6/c1-10-9-32-17-12(7-24(19(32)11(2)37-10)21(34)28-23(36)29-22(24)35)6-14-16(30-38-18(14)15(17)25)20(33)26-8-13-4-5-27-31(13)3/h4-6,10-11,19H,7-9H2,1-3H3,(H,26,33)(H2,28,29,34,35,36)/t10-,11+,19-/m0/s1. The van der Waals surface area contributed by atoms with Crippen LogP contribution in [0.2, 0.25) is 0 Å². The van der Waals surface area contributed by atoms with Gasteiger partial charge in [-0.25, -0.2) is 9.18 Å². The van der Waals surface area contributed by atoms with Crippen LogP contribution < -0.4 is 20.9 Å². The highest BCUT2D eigenvalue weighted by molar-refractivity contribution is 6.20. The number of imide groups is 2. The van der Waals surface area contributed by atoms with Crippen molar-refractivity contribution in [3.63, 3.8) is 0 Å². The van der Waals surface area contributed by atoms with Crippen LogP contribution in [0.5, 0.6) is 0 Å². The molecule has 3 aliphatic rings. The average Bonchev–Trinajstić information content (AvgIpc) is 3.46. The van der Waals surface area contributed by atoms with Gasteiger partial charge in [-0.3, -0.25) is 29.7 Å². The number of halogens is 1. The highest BCUT2D eigenvalue weighted by atomic mass is 19.1. The van der Waals surface area contributed by atoms with Crippen LogP contribution in [0.15, 0.2) is 22.9 Å². The number of aryl methyl sites for hydroxylation is 1. The van der Waals surface area contributed by atoms with Crippen LogP contribution in [-0.2, 0) is 34.3 Å². The molecule has 1 aromatic carbocycles. The number of aromatic nitrogens is 3. The third kappa shape index (κ3) is 3.32. The minimum atomic E-state index is -1.78. The van der Waals surface area contributed by atoms with Crippen molar-refractivity contribution < 1.29 is 32.8 Å². The second-order valence-corrected chi connectivity index (χ2v) is 9.87. The third-order valence-electron chi connectivity index (χ3n) is 7.53. The zero-order valence-electron chi connectivity index (χ0n) is 20.7. The van der Waals surface area contributed by atoms with Crippen molar-refractivity contribution in [1.29, 1.82) is 0 Å². The van der Waals surface area contributed by atoms with Gasteiger partial charge in [0, 0.05) is 26.2 Å². The number of benzene rings is 1. The van der Waals surface area contributed by atoms with Crippen LogP contribution in [0, 0.1) is 11.2 Å². The minimum absolute atomic E-state index is 0.0967. The van der Waals surface area contributed by atoms with E-state index in [-0.39, 0.29) is 48.0 Å². The Labute approximate surface area is 214 Å². The fourth-order valence-electron chi connectivity index (χ4n) is 5.94. The van der Waals surface area contributed by atoms with Gasteiger partial charge in [0.2, 0.25) is 17.4 Å². The molecule has 0 aliphatic carbocycles. The molecule has 3 N–H and O–H groups in total. The summed E-state index contributed by atoms with van der Waals surface area (Å²) in [5.41, 5.74) is -0.955. The van der Waals surface area contributed by atoms with Crippen molar-refractivity contribution >= 4 is 40.4 Å². The maximum Gasteiger partial charge on any atom is 0.328 e. The molecular formula is C24H24FN7O6. The van der Waals surface area contributed by atoms with E-state index in [1.807, 2.05) is 0 Å². The van der Waals surface area contributed by atoms with Gasteiger partial charge in [-0.1, -0.05) is 5.16 Å². The van der Waals surface area contributed by atoms with E-state index in [1.165, 1.54) is 6.07 Å². The van der Waals surface area contributed by atoms with E-state index in [2.05, 4.69) is 26.2 Å². The van der Waals surface area contributed by atoms with E-state index in [9.17, 15) is 19.2 Å². The molecule has 6 rings (SSSR count). The summed E-state index contributed by atoms with van der Waals surface area (Å²) in [4.78, 5) is 53.1. The number of fused-ring (bicyclic) bond motifs is 5.